The van der Waals surface area contributed by atoms with Crippen LogP contribution in [0.2, 0.25) is 0 Å². The van der Waals surface area contributed by atoms with Gasteiger partial charge in [0.25, 0.3) is 0 Å². The third-order valence-corrected chi connectivity index (χ3v) is 5.56. The Hall–Kier alpha value is -2.15. The van der Waals surface area contributed by atoms with Crippen LogP contribution in [0.1, 0.15) is 73.4 Å². The van der Waals surface area contributed by atoms with Gasteiger partial charge in [-0.25, -0.2) is 9.98 Å². The highest BCUT2D eigenvalue weighted by Gasteiger charge is 2.34. The molecule has 144 valence electrons. The number of aliphatic imine (C=N–C) groups is 1. The van der Waals surface area contributed by atoms with E-state index in [0.717, 1.165) is 17.7 Å². The van der Waals surface area contributed by atoms with Gasteiger partial charge in [0.05, 0.1) is 5.69 Å². The number of carbonyl (C=O) groups is 1. The van der Waals surface area contributed by atoms with Gasteiger partial charge in [-0.1, -0.05) is 32.5 Å². The van der Waals surface area contributed by atoms with Crippen molar-refractivity contribution in [2.45, 2.75) is 64.2 Å². The van der Waals surface area contributed by atoms with Gasteiger partial charge < -0.3 is 10.2 Å². The molecule has 0 spiro atoms. The highest BCUT2D eigenvalue weighted by molar-refractivity contribution is 8.14. The van der Waals surface area contributed by atoms with E-state index in [1.165, 1.54) is 0 Å². The number of carbonyl (C=O) groups excluding carboxylic acids is 1. The number of thioether (sulfide) groups is 1. The third-order valence-electron chi connectivity index (χ3n) is 4.65. The summed E-state index contributed by atoms with van der Waals surface area (Å²) in [7, 11) is 0. The molecule has 2 N–H and O–H groups in total. The Morgan fingerprint density at radius 1 is 1.48 bits per heavy atom. The van der Waals surface area contributed by atoms with Crippen LogP contribution in [0.25, 0.3) is 0 Å². The molecule has 2 aromatic rings. The second-order valence-electron chi connectivity index (χ2n) is 7.61. The number of aromatic nitrogens is 2. The fourth-order valence-electron chi connectivity index (χ4n) is 3.47. The van der Waals surface area contributed by atoms with Crippen LogP contribution in [0.5, 0.6) is 0 Å². The molecule has 0 bridgehead atoms. The molecule has 0 aromatic carbocycles. The molecule has 3 heterocycles. The summed E-state index contributed by atoms with van der Waals surface area (Å²) in [6.45, 7) is 9.93. The molecule has 0 aliphatic carbocycles. The molecule has 27 heavy (non-hydrogen) atoms. The van der Waals surface area contributed by atoms with E-state index in [1.54, 1.807) is 24.9 Å². The lowest BCUT2D eigenvalue weighted by Crippen LogP contribution is -2.33. The second kappa shape index (κ2) is 7.46. The summed E-state index contributed by atoms with van der Waals surface area (Å²) < 4.78 is 5.62. The number of amidine groups is 1. The highest BCUT2D eigenvalue weighted by Crippen LogP contribution is 2.38. The van der Waals surface area contributed by atoms with Crippen molar-refractivity contribution < 1.29 is 9.21 Å². The maximum atomic E-state index is 12.8. The van der Waals surface area contributed by atoms with Crippen LogP contribution in [0, 0.1) is 6.92 Å². The summed E-state index contributed by atoms with van der Waals surface area (Å²) in [5, 5.41) is 0.950. The van der Waals surface area contributed by atoms with Gasteiger partial charge in [0.2, 0.25) is 0 Å². The van der Waals surface area contributed by atoms with Crippen LogP contribution in [0.4, 0.5) is 0 Å². The summed E-state index contributed by atoms with van der Waals surface area (Å²) in [6.07, 6.45) is 2.84. The van der Waals surface area contributed by atoms with Gasteiger partial charge in [-0.05, 0) is 31.0 Å². The van der Waals surface area contributed by atoms with Gasteiger partial charge in [0.15, 0.2) is 16.8 Å². The number of oxazole rings is 1. The molecular weight excluding hydrogens is 360 g/mol. The summed E-state index contributed by atoms with van der Waals surface area (Å²) in [5.74, 6) is 1.22. The molecule has 7 heteroatoms. The minimum Gasteiger partial charge on any atom is -0.445 e. The SMILES string of the molecule is Cc1nc(C(=O)Cc2ccnc([C@]3(C)C[C@@H](C)SC(N)=N3)c2)c(C(C)C)o1. The van der Waals surface area contributed by atoms with Crippen molar-refractivity contribution in [1.82, 2.24) is 9.97 Å². The summed E-state index contributed by atoms with van der Waals surface area (Å²) in [6, 6.07) is 3.82. The molecule has 6 nitrogen and oxygen atoms in total. The Bertz CT molecular complexity index is 890. The first-order valence-electron chi connectivity index (χ1n) is 9.16. The zero-order valence-electron chi connectivity index (χ0n) is 16.4. The molecule has 1 aliphatic heterocycles. The summed E-state index contributed by atoms with van der Waals surface area (Å²) in [5.41, 5.74) is 7.68. The highest BCUT2D eigenvalue weighted by atomic mass is 32.2. The Morgan fingerprint density at radius 3 is 2.89 bits per heavy atom. The van der Waals surface area contributed by atoms with Crippen molar-refractivity contribution >= 4 is 22.7 Å². The molecule has 0 amide bonds. The average Bonchev–Trinajstić information content (AvgIpc) is 2.96. The first kappa shape index (κ1) is 19.6. The lowest BCUT2D eigenvalue weighted by molar-refractivity contribution is 0.0986. The number of ketones is 1. The Morgan fingerprint density at radius 2 is 2.22 bits per heavy atom. The fraction of sp³-hybridized carbons (Fsp3) is 0.500. The Kier molecular flexibility index (Phi) is 5.42. The van der Waals surface area contributed by atoms with Crippen LogP contribution in [0.15, 0.2) is 27.7 Å². The standard InChI is InChI=1S/C20H26N4O2S/c1-11(2)18-17(23-13(4)26-18)15(25)8-14-6-7-22-16(9-14)20(5)10-12(3)27-19(21)24-20/h6-7,9,11-12H,8,10H2,1-5H3,(H2,21,24)/t12-,20+/m1/s1. The minimum atomic E-state index is -0.471. The molecule has 1 aliphatic rings. The molecule has 2 atom stereocenters. The van der Waals surface area contributed by atoms with Gasteiger partial charge in [0.1, 0.15) is 17.0 Å². The zero-order valence-corrected chi connectivity index (χ0v) is 17.3. The van der Waals surface area contributed by atoms with Crippen LogP contribution >= 0.6 is 11.8 Å². The second-order valence-corrected chi connectivity index (χ2v) is 9.06. The number of aryl methyl sites for hydroxylation is 1. The van der Waals surface area contributed by atoms with Gasteiger partial charge in [-0.2, -0.15) is 0 Å². The van der Waals surface area contributed by atoms with Crippen molar-refractivity contribution in [3.8, 4) is 0 Å². The number of rotatable bonds is 5. The first-order valence-corrected chi connectivity index (χ1v) is 10.0. The molecule has 0 radical (unpaired) electrons. The van der Waals surface area contributed by atoms with Gasteiger partial charge in [0, 0.05) is 30.7 Å². The monoisotopic (exact) mass is 386 g/mol. The van der Waals surface area contributed by atoms with E-state index < -0.39 is 5.54 Å². The van der Waals surface area contributed by atoms with E-state index in [0.29, 0.717) is 27.8 Å². The quantitative estimate of drug-likeness (QED) is 0.781. The van der Waals surface area contributed by atoms with Crippen LogP contribution in [0.3, 0.4) is 0 Å². The largest absolute Gasteiger partial charge is 0.445 e. The number of Topliss-reactive ketones (excluding diaryl/α,β-unsaturated/α-hetero) is 1. The third kappa shape index (κ3) is 4.24. The minimum absolute atomic E-state index is 0.0477. The van der Waals surface area contributed by atoms with E-state index in [1.807, 2.05) is 32.9 Å². The van der Waals surface area contributed by atoms with Gasteiger partial charge in [-0.3, -0.25) is 9.78 Å². The van der Waals surface area contributed by atoms with Crippen molar-refractivity contribution in [3.05, 3.63) is 46.9 Å². The number of nitrogens with two attached hydrogens (primary N) is 1. The first-order chi connectivity index (χ1) is 12.7. The van der Waals surface area contributed by atoms with Gasteiger partial charge in [-0.15, -0.1) is 0 Å². The lowest BCUT2D eigenvalue weighted by atomic mass is 9.90. The summed E-state index contributed by atoms with van der Waals surface area (Å²) >= 11 is 1.58. The van der Waals surface area contributed by atoms with Crippen molar-refractivity contribution in [2.75, 3.05) is 0 Å². The lowest BCUT2D eigenvalue weighted by Gasteiger charge is -2.32. The van der Waals surface area contributed by atoms with Crippen LogP contribution < -0.4 is 5.73 Å². The zero-order chi connectivity index (χ0) is 19.8. The normalized spacial score (nSPS) is 22.7. The van der Waals surface area contributed by atoms with Gasteiger partial charge >= 0.3 is 0 Å². The van der Waals surface area contributed by atoms with E-state index >= 15 is 0 Å². The topological polar surface area (TPSA) is 94.4 Å². The fourth-order valence-corrected chi connectivity index (χ4v) is 4.54. The van der Waals surface area contributed by atoms with E-state index in [-0.39, 0.29) is 18.1 Å². The number of hydrogen-bond acceptors (Lipinski definition) is 7. The number of pyridine rings is 1. The Balaban J connectivity index is 1.87. The Labute approximate surface area is 164 Å². The van der Waals surface area contributed by atoms with E-state index in [2.05, 4.69) is 21.9 Å². The van der Waals surface area contributed by atoms with Crippen LogP contribution in [-0.2, 0) is 12.0 Å². The predicted octanol–water partition coefficient (Wildman–Crippen LogP) is 3.98. The molecule has 0 saturated carbocycles. The van der Waals surface area contributed by atoms with Crippen LogP contribution in [-0.4, -0.2) is 26.2 Å². The summed E-state index contributed by atoms with van der Waals surface area (Å²) in [4.78, 5) is 26.3. The molecule has 0 fully saturated rings. The van der Waals surface area contributed by atoms with Crippen molar-refractivity contribution in [1.29, 1.82) is 0 Å². The maximum absolute atomic E-state index is 12.8. The molecule has 2 aromatic heterocycles. The average molecular weight is 387 g/mol. The number of nitrogens with zero attached hydrogens (tertiary/aromatic N) is 3. The van der Waals surface area contributed by atoms with E-state index in [4.69, 9.17) is 10.2 Å². The van der Waals surface area contributed by atoms with Crippen molar-refractivity contribution in [2.24, 2.45) is 10.7 Å². The molecule has 0 saturated heterocycles. The van der Waals surface area contributed by atoms with Crippen molar-refractivity contribution in [3.63, 3.8) is 0 Å². The molecule has 0 unspecified atom stereocenters. The number of hydrogen-bond donors (Lipinski definition) is 1. The predicted molar refractivity (Wildman–Crippen MR) is 108 cm³/mol. The van der Waals surface area contributed by atoms with E-state index in [9.17, 15) is 4.79 Å². The molecule has 3 rings (SSSR count). The smallest absolute Gasteiger partial charge is 0.191 e. The maximum Gasteiger partial charge on any atom is 0.191 e. The molecular formula is C20H26N4O2S.